The Hall–Kier alpha value is -1.64. The zero-order chi connectivity index (χ0) is 18.0. The molecule has 2 aromatic heterocycles. The summed E-state index contributed by atoms with van der Waals surface area (Å²) in [5.74, 6) is -0.0122. The molecule has 0 radical (unpaired) electrons. The summed E-state index contributed by atoms with van der Waals surface area (Å²) in [6, 6.07) is -0.0799. The fourth-order valence-corrected chi connectivity index (χ4v) is 4.05. The molecule has 0 aromatic carbocycles. The number of ether oxygens (including phenoxy) is 1. The molecule has 1 amide bonds. The maximum Gasteiger partial charge on any atom is 0.287 e. The molecule has 2 N–H and O–H groups in total. The van der Waals surface area contributed by atoms with Crippen LogP contribution in [0.5, 0.6) is 0 Å². The van der Waals surface area contributed by atoms with Gasteiger partial charge in [0.1, 0.15) is 0 Å². The van der Waals surface area contributed by atoms with E-state index >= 15 is 0 Å². The maximum atomic E-state index is 12.5. The molecular weight excluding hydrogens is 362 g/mol. The van der Waals surface area contributed by atoms with E-state index in [0.29, 0.717) is 18.1 Å². The van der Waals surface area contributed by atoms with Crippen LogP contribution in [0.1, 0.15) is 35.4 Å². The van der Waals surface area contributed by atoms with Gasteiger partial charge >= 0.3 is 0 Å². The molecule has 1 fully saturated rings. The third kappa shape index (κ3) is 3.96. The number of rotatable bonds is 5. The van der Waals surface area contributed by atoms with Crippen molar-refractivity contribution in [3.63, 3.8) is 0 Å². The van der Waals surface area contributed by atoms with Gasteiger partial charge in [-0.15, -0.1) is 11.3 Å². The average Bonchev–Trinajstić information content (AvgIpc) is 3.20. The summed E-state index contributed by atoms with van der Waals surface area (Å²) in [5, 5.41) is 6.40. The summed E-state index contributed by atoms with van der Waals surface area (Å²) in [4.78, 5) is 26.3. The zero-order valence-corrected chi connectivity index (χ0v) is 16.1. The highest BCUT2D eigenvalue weighted by Crippen LogP contribution is 2.25. The van der Waals surface area contributed by atoms with Crippen LogP contribution in [-0.4, -0.2) is 53.2 Å². The molecule has 3 heterocycles. The molecule has 136 valence electrons. The third-order valence-corrected chi connectivity index (χ3v) is 5.68. The van der Waals surface area contributed by atoms with Crippen LogP contribution in [0.25, 0.3) is 0 Å². The number of piperidine rings is 1. The van der Waals surface area contributed by atoms with Gasteiger partial charge in [-0.3, -0.25) is 4.79 Å². The van der Waals surface area contributed by atoms with E-state index in [2.05, 4.69) is 25.2 Å². The summed E-state index contributed by atoms with van der Waals surface area (Å²) in [5.41, 5.74) is 1.79. The second-order valence-electron chi connectivity index (χ2n) is 6.07. The Labute approximate surface area is 155 Å². The molecule has 25 heavy (non-hydrogen) atoms. The summed E-state index contributed by atoms with van der Waals surface area (Å²) in [6.45, 7) is 5.45. The lowest BCUT2D eigenvalue weighted by molar-refractivity contribution is 0.0538. The standard InChI is InChI=1S/C16H22ClN5O2S/c1-4-10-13(17)21-14(19-10)15(23)20-11-5-6-22(7-12(11)24-3)16-18-9(2)8-25-16/h8,11-12H,4-7H2,1-3H3,(H,19,21)(H,20,23)/t11?,12-/m0/s1. The predicted molar refractivity (Wildman–Crippen MR) is 98.7 cm³/mol. The summed E-state index contributed by atoms with van der Waals surface area (Å²) in [7, 11) is 1.67. The number of H-pyrrole nitrogens is 1. The third-order valence-electron chi connectivity index (χ3n) is 4.35. The van der Waals surface area contributed by atoms with Gasteiger partial charge in [0, 0.05) is 25.6 Å². The Morgan fingerprint density at radius 2 is 2.36 bits per heavy atom. The van der Waals surface area contributed by atoms with Gasteiger partial charge in [-0.05, 0) is 19.8 Å². The number of carbonyl (C=O) groups is 1. The van der Waals surface area contributed by atoms with Gasteiger partial charge in [0.15, 0.2) is 16.1 Å². The first-order valence-electron chi connectivity index (χ1n) is 8.27. The topological polar surface area (TPSA) is 83.1 Å². The number of thiazole rings is 1. The van der Waals surface area contributed by atoms with Crippen molar-refractivity contribution in [1.29, 1.82) is 0 Å². The van der Waals surface area contributed by atoms with E-state index in [1.165, 1.54) is 0 Å². The van der Waals surface area contributed by atoms with Crippen LogP contribution >= 0.6 is 22.9 Å². The minimum absolute atomic E-state index is 0.0799. The molecule has 0 bridgehead atoms. The number of aromatic nitrogens is 3. The number of imidazole rings is 1. The van der Waals surface area contributed by atoms with E-state index in [1.54, 1.807) is 18.4 Å². The molecule has 1 aliphatic heterocycles. The molecule has 1 unspecified atom stereocenters. The maximum absolute atomic E-state index is 12.5. The van der Waals surface area contributed by atoms with Gasteiger partial charge in [0.05, 0.1) is 23.5 Å². The average molecular weight is 384 g/mol. The number of hydrogen-bond acceptors (Lipinski definition) is 6. The molecule has 2 aromatic rings. The quantitative estimate of drug-likeness (QED) is 0.828. The normalized spacial score (nSPS) is 20.7. The Morgan fingerprint density at radius 3 is 2.96 bits per heavy atom. The summed E-state index contributed by atoms with van der Waals surface area (Å²) >= 11 is 7.65. The Kier molecular flexibility index (Phi) is 5.61. The van der Waals surface area contributed by atoms with Crippen molar-refractivity contribution in [2.45, 2.75) is 38.8 Å². The van der Waals surface area contributed by atoms with E-state index in [-0.39, 0.29) is 23.9 Å². The van der Waals surface area contributed by atoms with Crippen LogP contribution in [0.2, 0.25) is 5.15 Å². The largest absolute Gasteiger partial charge is 0.377 e. The fraction of sp³-hybridized carbons (Fsp3) is 0.562. The van der Waals surface area contributed by atoms with Crippen molar-refractivity contribution in [2.75, 3.05) is 25.1 Å². The highest BCUT2D eigenvalue weighted by atomic mass is 35.5. The number of halogens is 1. The molecule has 3 rings (SSSR count). The van der Waals surface area contributed by atoms with Gasteiger partial charge in [0.25, 0.3) is 5.91 Å². The second-order valence-corrected chi connectivity index (χ2v) is 7.26. The first kappa shape index (κ1) is 18.2. The number of anilines is 1. The molecular formula is C16H22ClN5O2S. The number of methoxy groups -OCH3 is 1. The highest BCUT2D eigenvalue weighted by Gasteiger charge is 2.32. The van der Waals surface area contributed by atoms with Crippen molar-refractivity contribution < 1.29 is 9.53 Å². The molecule has 1 saturated heterocycles. The van der Waals surface area contributed by atoms with Crippen LogP contribution in [0.3, 0.4) is 0 Å². The second kappa shape index (κ2) is 7.72. The lowest BCUT2D eigenvalue weighted by Crippen LogP contribution is -2.55. The number of carbonyl (C=O) groups excluding carboxylic acids is 1. The van der Waals surface area contributed by atoms with Crippen molar-refractivity contribution in [3.8, 4) is 0 Å². The minimum atomic E-state index is -0.257. The van der Waals surface area contributed by atoms with E-state index < -0.39 is 0 Å². The SMILES string of the molecule is CCc1[nH]c(C(=O)NC2CCN(c3nc(C)cs3)C[C@@H]2OC)nc1Cl. The number of amides is 1. The van der Waals surface area contributed by atoms with E-state index in [4.69, 9.17) is 16.3 Å². The fourth-order valence-electron chi connectivity index (χ4n) is 2.95. The zero-order valence-electron chi connectivity index (χ0n) is 14.5. The van der Waals surface area contributed by atoms with Gasteiger partial charge in [0.2, 0.25) is 0 Å². The summed E-state index contributed by atoms with van der Waals surface area (Å²) < 4.78 is 5.61. The van der Waals surface area contributed by atoms with Crippen molar-refractivity contribution in [3.05, 3.63) is 27.7 Å². The summed E-state index contributed by atoms with van der Waals surface area (Å²) in [6.07, 6.45) is 1.36. The smallest absolute Gasteiger partial charge is 0.287 e. The molecule has 0 saturated carbocycles. The molecule has 0 spiro atoms. The number of aromatic amines is 1. The molecule has 2 atom stereocenters. The molecule has 0 aliphatic carbocycles. The lowest BCUT2D eigenvalue weighted by Gasteiger charge is -2.37. The number of nitrogens with one attached hydrogen (secondary N) is 2. The van der Waals surface area contributed by atoms with Gasteiger partial charge in [-0.25, -0.2) is 9.97 Å². The van der Waals surface area contributed by atoms with Crippen molar-refractivity contribution >= 4 is 34.0 Å². The Morgan fingerprint density at radius 1 is 1.56 bits per heavy atom. The van der Waals surface area contributed by atoms with Gasteiger partial charge in [-0.2, -0.15) is 0 Å². The first-order chi connectivity index (χ1) is 12.0. The Balaban J connectivity index is 1.65. The predicted octanol–water partition coefficient (Wildman–Crippen LogP) is 2.41. The van der Waals surface area contributed by atoms with Crippen LogP contribution in [0, 0.1) is 6.92 Å². The molecule has 9 heteroatoms. The Bertz CT molecular complexity index is 747. The minimum Gasteiger partial charge on any atom is -0.377 e. The number of aryl methyl sites for hydroxylation is 2. The molecule has 7 nitrogen and oxygen atoms in total. The number of hydrogen-bond donors (Lipinski definition) is 2. The first-order valence-corrected chi connectivity index (χ1v) is 9.52. The van der Waals surface area contributed by atoms with Gasteiger partial charge < -0.3 is 19.9 Å². The lowest BCUT2D eigenvalue weighted by atomic mass is 10.0. The van der Waals surface area contributed by atoms with Crippen LogP contribution in [0.15, 0.2) is 5.38 Å². The van der Waals surface area contributed by atoms with E-state index in [9.17, 15) is 4.79 Å². The van der Waals surface area contributed by atoms with E-state index in [1.807, 2.05) is 19.2 Å². The van der Waals surface area contributed by atoms with Crippen LogP contribution in [-0.2, 0) is 11.2 Å². The number of nitrogens with zero attached hydrogens (tertiary/aromatic N) is 3. The molecule has 1 aliphatic rings. The van der Waals surface area contributed by atoms with Crippen molar-refractivity contribution in [2.24, 2.45) is 0 Å². The highest BCUT2D eigenvalue weighted by molar-refractivity contribution is 7.13. The van der Waals surface area contributed by atoms with Crippen LogP contribution < -0.4 is 10.2 Å². The van der Waals surface area contributed by atoms with Crippen LogP contribution in [0.4, 0.5) is 5.13 Å². The monoisotopic (exact) mass is 383 g/mol. The van der Waals surface area contributed by atoms with Crippen molar-refractivity contribution in [1.82, 2.24) is 20.3 Å². The van der Waals surface area contributed by atoms with Gasteiger partial charge in [-0.1, -0.05) is 18.5 Å². The van der Waals surface area contributed by atoms with E-state index in [0.717, 1.165) is 29.5 Å².